The number of hydrogen-bond donors (Lipinski definition) is 1. The molecule has 0 aromatic carbocycles. The Hall–Kier alpha value is -0.570. The number of carbonyl (C=O) groups is 1. The first kappa shape index (κ1) is 13.9. The van der Waals surface area contributed by atoms with Crippen LogP contribution in [0.25, 0.3) is 0 Å². The molecule has 3 nitrogen and oxygen atoms in total. The van der Waals surface area contributed by atoms with E-state index in [9.17, 15) is 9.90 Å². The number of carboxylic acid groups (broad SMARTS) is 1. The fourth-order valence-corrected chi connectivity index (χ4v) is 3.68. The lowest BCUT2D eigenvalue weighted by Gasteiger charge is -2.38. The standard InChI is InChI=1S/C15H27NO2/c1-12-14(15(17)18)8-5-10-16(12)11-9-13-6-3-2-4-7-13/h12-14H,2-11H2,1H3,(H,17,18)/t12-,14-/m1/s1. The van der Waals surface area contributed by atoms with E-state index >= 15 is 0 Å². The molecule has 3 heteroatoms. The Morgan fingerprint density at radius 1 is 1.17 bits per heavy atom. The molecule has 0 radical (unpaired) electrons. The highest BCUT2D eigenvalue weighted by molar-refractivity contribution is 5.70. The van der Waals surface area contributed by atoms with Gasteiger partial charge in [-0.3, -0.25) is 9.69 Å². The van der Waals surface area contributed by atoms with Crippen LogP contribution in [0.2, 0.25) is 0 Å². The van der Waals surface area contributed by atoms with Gasteiger partial charge in [-0.25, -0.2) is 0 Å². The maximum absolute atomic E-state index is 11.2. The summed E-state index contributed by atoms with van der Waals surface area (Å²) in [7, 11) is 0. The van der Waals surface area contributed by atoms with Gasteiger partial charge in [-0.2, -0.15) is 0 Å². The Bertz CT molecular complexity index is 274. The molecule has 1 heterocycles. The Labute approximate surface area is 111 Å². The van der Waals surface area contributed by atoms with Gasteiger partial charge < -0.3 is 5.11 Å². The van der Waals surface area contributed by atoms with Crippen LogP contribution in [0.5, 0.6) is 0 Å². The van der Waals surface area contributed by atoms with Gasteiger partial charge in [0, 0.05) is 6.04 Å². The summed E-state index contributed by atoms with van der Waals surface area (Å²) in [5, 5.41) is 9.22. The number of rotatable bonds is 4. The van der Waals surface area contributed by atoms with Crippen LogP contribution in [0.3, 0.4) is 0 Å². The van der Waals surface area contributed by atoms with Crippen molar-refractivity contribution in [3.63, 3.8) is 0 Å². The van der Waals surface area contributed by atoms with Crippen molar-refractivity contribution in [2.24, 2.45) is 11.8 Å². The van der Waals surface area contributed by atoms with Gasteiger partial charge in [0.15, 0.2) is 0 Å². The van der Waals surface area contributed by atoms with Crippen molar-refractivity contribution in [3.8, 4) is 0 Å². The van der Waals surface area contributed by atoms with E-state index in [2.05, 4.69) is 11.8 Å². The second-order valence-corrected chi connectivity index (χ2v) is 6.16. The minimum atomic E-state index is -0.607. The third kappa shape index (κ3) is 3.47. The van der Waals surface area contributed by atoms with Crippen LogP contribution in [0.15, 0.2) is 0 Å². The molecule has 2 atom stereocenters. The maximum Gasteiger partial charge on any atom is 0.308 e. The molecule has 0 spiro atoms. The van der Waals surface area contributed by atoms with Crippen molar-refractivity contribution in [1.82, 2.24) is 4.90 Å². The van der Waals surface area contributed by atoms with Crippen molar-refractivity contribution in [2.75, 3.05) is 13.1 Å². The van der Waals surface area contributed by atoms with E-state index in [0.717, 1.165) is 31.8 Å². The fraction of sp³-hybridized carbons (Fsp3) is 0.933. The SMILES string of the molecule is C[C@@H]1[C@H](C(=O)O)CCCN1CCC1CCCCC1. The van der Waals surface area contributed by atoms with E-state index in [1.807, 2.05) is 0 Å². The molecule has 2 rings (SSSR count). The molecular formula is C15H27NO2. The lowest BCUT2D eigenvalue weighted by molar-refractivity contribution is -0.145. The smallest absolute Gasteiger partial charge is 0.308 e. The molecular weight excluding hydrogens is 226 g/mol. The zero-order valence-corrected chi connectivity index (χ0v) is 11.6. The summed E-state index contributed by atoms with van der Waals surface area (Å²) >= 11 is 0. The van der Waals surface area contributed by atoms with Gasteiger partial charge in [0.2, 0.25) is 0 Å². The minimum Gasteiger partial charge on any atom is -0.481 e. The number of likely N-dealkylation sites (tertiary alicyclic amines) is 1. The molecule has 2 fully saturated rings. The highest BCUT2D eigenvalue weighted by atomic mass is 16.4. The summed E-state index contributed by atoms with van der Waals surface area (Å²) in [6.07, 6.45) is 10.2. The molecule has 0 bridgehead atoms. The maximum atomic E-state index is 11.2. The van der Waals surface area contributed by atoms with Crippen molar-refractivity contribution < 1.29 is 9.90 Å². The Balaban J connectivity index is 1.78. The average Bonchev–Trinajstić information content (AvgIpc) is 2.38. The predicted octanol–water partition coefficient (Wildman–Crippen LogP) is 3.14. The molecule has 0 aromatic rings. The van der Waals surface area contributed by atoms with Gasteiger partial charge in [-0.15, -0.1) is 0 Å². The molecule has 104 valence electrons. The van der Waals surface area contributed by atoms with E-state index in [0.29, 0.717) is 0 Å². The highest BCUT2D eigenvalue weighted by Crippen LogP contribution is 2.29. The van der Waals surface area contributed by atoms with Gasteiger partial charge >= 0.3 is 5.97 Å². The van der Waals surface area contributed by atoms with E-state index in [1.165, 1.54) is 38.5 Å². The number of hydrogen-bond acceptors (Lipinski definition) is 2. The van der Waals surface area contributed by atoms with Crippen LogP contribution in [-0.2, 0) is 4.79 Å². The fourth-order valence-electron chi connectivity index (χ4n) is 3.68. The molecule has 0 unspecified atom stereocenters. The Morgan fingerprint density at radius 3 is 2.56 bits per heavy atom. The van der Waals surface area contributed by atoms with Crippen LogP contribution in [-0.4, -0.2) is 35.1 Å². The van der Waals surface area contributed by atoms with Crippen LogP contribution >= 0.6 is 0 Å². The minimum absolute atomic E-state index is 0.148. The van der Waals surface area contributed by atoms with Gasteiger partial charge in [0.05, 0.1) is 5.92 Å². The molecule has 1 aliphatic heterocycles. The monoisotopic (exact) mass is 253 g/mol. The van der Waals surface area contributed by atoms with Crippen molar-refractivity contribution in [1.29, 1.82) is 0 Å². The lowest BCUT2D eigenvalue weighted by atomic mass is 9.85. The first-order valence-corrected chi connectivity index (χ1v) is 7.65. The second kappa shape index (κ2) is 6.55. The van der Waals surface area contributed by atoms with Crippen molar-refractivity contribution >= 4 is 5.97 Å². The Morgan fingerprint density at radius 2 is 1.89 bits per heavy atom. The number of aliphatic carboxylic acids is 1. The molecule has 0 amide bonds. The number of piperidine rings is 1. The van der Waals surface area contributed by atoms with Gasteiger partial charge in [0.25, 0.3) is 0 Å². The van der Waals surface area contributed by atoms with Gasteiger partial charge in [-0.1, -0.05) is 32.1 Å². The molecule has 1 saturated carbocycles. The summed E-state index contributed by atoms with van der Waals surface area (Å²) in [5.41, 5.74) is 0. The zero-order chi connectivity index (χ0) is 13.0. The second-order valence-electron chi connectivity index (χ2n) is 6.16. The largest absolute Gasteiger partial charge is 0.481 e. The third-order valence-corrected chi connectivity index (χ3v) is 4.99. The van der Waals surface area contributed by atoms with Crippen molar-refractivity contribution in [3.05, 3.63) is 0 Å². The summed E-state index contributed by atoms with van der Waals surface area (Å²) in [6.45, 7) is 4.30. The van der Waals surface area contributed by atoms with Crippen LogP contribution in [0.1, 0.15) is 58.3 Å². The van der Waals surface area contributed by atoms with Crippen LogP contribution in [0, 0.1) is 11.8 Å². The van der Waals surface area contributed by atoms with Crippen LogP contribution in [0.4, 0.5) is 0 Å². The van der Waals surface area contributed by atoms with E-state index in [1.54, 1.807) is 0 Å². The average molecular weight is 253 g/mol. The molecule has 1 aliphatic carbocycles. The quantitative estimate of drug-likeness (QED) is 0.836. The van der Waals surface area contributed by atoms with E-state index in [-0.39, 0.29) is 12.0 Å². The molecule has 0 aromatic heterocycles. The molecule has 1 N–H and O–H groups in total. The summed E-state index contributed by atoms with van der Waals surface area (Å²) in [4.78, 5) is 13.6. The van der Waals surface area contributed by atoms with E-state index < -0.39 is 5.97 Å². The third-order valence-electron chi connectivity index (χ3n) is 4.99. The summed E-state index contributed by atoms with van der Waals surface area (Å²) in [5.74, 6) is 0.145. The molecule has 18 heavy (non-hydrogen) atoms. The predicted molar refractivity (Wildman–Crippen MR) is 72.6 cm³/mol. The first-order chi connectivity index (χ1) is 8.68. The normalized spacial score (nSPS) is 31.4. The Kier molecular flexibility index (Phi) is 5.04. The van der Waals surface area contributed by atoms with E-state index in [4.69, 9.17) is 0 Å². The summed E-state index contributed by atoms with van der Waals surface area (Å²) < 4.78 is 0. The van der Waals surface area contributed by atoms with Crippen LogP contribution < -0.4 is 0 Å². The number of carboxylic acids is 1. The van der Waals surface area contributed by atoms with Gasteiger partial charge in [-0.05, 0) is 45.2 Å². The number of nitrogens with zero attached hydrogens (tertiary/aromatic N) is 1. The lowest BCUT2D eigenvalue weighted by Crippen LogP contribution is -2.46. The zero-order valence-electron chi connectivity index (χ0n) is 11.6. The summed E-state index contributed by atoms with van der Waals surface area (Å²) in [6, 6.07) is 0.222. The highest BCUT2D eigenvalue weighted by Gasteiger charge is 2.32. The van der Waals surface area contributed by atoms with Crippen molar-refractivity contribution in [2.45, 2.75) is 64.3 Å². The van der Waals surface area contributed by atoms with Gasteiger partial charge in [0.1, 0.15) is 0 Å². The molecule has 2 aliphatic rings. The topological polar surface area (TPSA) is 40.5 Å². The molecule has 1 saturated heterocycles. The first-order valence-electron chi connectivity index (χ1n) is 7.65.